The first kappa shape index (κ1) is 26.1. The van der Waals surface area contributed by atoms with Gasteiger partial charge in [0.25, 0.3) is 0 Å². The Kier molecular flexibility index (Phi) is 29.7. The van der Waals surface area contributed by atoms with Gasteiger partial charge >= 0.3 is 0 Å². The Balaban J connectivity index is -0.000000826. The second-order valence-electron chi connectivity index (χ2n) is 3.52. The van der Waals surface area contributed by atoms with Crippen molar-refractivity contribution >= 4 is 0 Å². The topological polar surface area (TPSA) is 103 Å². The van der Waals surface area contributed by atoms with Crippen molar-refractivity contribution < 1.29 is 19.3 Å². The monoisotopic (exact) mass is 323 g/mol. The normalized spacial score (nSPS) is 10.2. The van der Waals surface area contributed by atoms with Gasteiger partial charge in [-0.3, -0.25) is 0 Å². The molecule has 0 aliphatic heterocycles. The summed E-state index contributed by atoms with van der Waals surface area (Å²) < 4.78 is 15.7. The first-order valence-electron chi connectivity index (χ1n) is 8.02. The summed E-state index contributed by atoms with van der Waals surface area (Å²) in [5.74, 6) is 5.58. The molecule has 22 heavy (non-hydrogen) atoms. The van der Waals surface area contributed by atoms with Gasteiger partial charge in [-0.1, -0.05) is 27.7 Å². The van der Waals surface area contributed by atoms with Crippen LogP contribution in [0.4, 0.5) is 0 Å². The highest BCUT2D eigenvalue weighted by molar-refractivity contribution is 4.94. The van der Waals surface area contributed by atoms with Crippen LogP contribution in [0.3, 0.4) is 0 Å². The summed E-state index contributed by atoms with van der Waals surface area (Å²) in [6.45, 7) is 13.7. The molecule has 0 saturated heterocycles. The van der Waals surface area contributed by atoms with Gasteiger partial charge in [0.1, 0.15) is 0 Å². The van der Waals surface area contributed by atoms with Gasteiger partial charge in [-0.2, -0.15) is 0 Å². The van der Waals surface area contributed by atoms with Gasteiger partial charge in [-0.25, -0.2) is 5.84 Å². The minimum Gasteiger partial charge on any atom is -0.399 e. The molecule has 0 aromatic heterocycles. The molecule has 0 aliphatic rings. The lowest BCUT2D eigenvalue weighted by molar-refractivity contribution is 0.0144. The van der Waals surface area contributed by atoms with Gasteiger partial charge in [0.2, 0.25) is 0 Å². The fraction of sp³-hybridized carbons (Fsp3) is 0.867. The molecule has 0 aromatic carbocycles. The van der Waals surface area contributed by atoms with Crippen LogP contribution >= 0.6 is 0 Å². The lowest BCUT2D eigenvalue weighted by Gasteiger charge is -2.14. The van der Waals surface area contributed by atoms with Crippen molar-refractivity contribution in [2.75, 3.05) is 52.8 Å². The van der Waals surface area contributed by atoms with E-state index in [9.17, 15) is 0 Å². The van der Waals surface area contributed by atoms with Crippen LogP contribution in [0.1, 0.15) is 34.6 Å². The number of hydrogen-bond donors (Lipinski definition) is 3. The Morgan fingerprint density at radius 3 is 1.86 bits per heavy atom. The summed E-state index contributed by atoms with van der Waals surface area (Å²) in [5, 5.41) is 10.1. The van der Waals surface area contributed by atoms with Crippen molar-refractivity contribution in [2.45, 2.75) is 34.6 Å². The van der Waals surface area contributed by atoms with Crippen molar-refractivity contribution in [2.24, 2.45) is 11.6 Å². The summed E-state index contributed by atoms with van der Waals surface area (Å²) in [6.07, 6.45) is 1.47. The summed E-state index contributed by atoms with van der Waals surface area (Å²) >= 11 is 0. The van der Waals surface area contributed by atoms with E-state index in [1.165, 1.54) is 11.2 Å². The molecule has 0 aromatic rings. The molecule has 0 rings (SSSR count). The van der Waals surface area contributed by atoms with Crippen molar-refractivity contribution in [1.29, 1.82) is 0 Å². The zero-order chi connectivity index (χ0) is 17.6. The van der Waals surface area contributed by atoms with Gasteiger partial charge in [0.05, 0.1) is 51.9 Å². The highest BCUT2D eigenvalue weighted by Gasteiger charge is 1.95. The first-order chi connectivity index (χ1) is 10.7. The van der Waals surface area contributed by atoms with E-state index in [1.54, 1.807) is 0 Å². The van der Waals surface area contributed by atoms with Crippen molar-refractivity contribution in [3.05, 3.63) is 11.9 Å². The predicted molar refractivity (Wildman–Crippen MR) is 91.1 cm³/mol. The first-order valence-corrected chi connectivity index (χ1v) is 8.02. The second-order valence-corrected chi connectivity index (χ2v) is 3.52. The van der Waals surface area contributed by atoms with E-state index in [0.29, 0.717) is 51.9 Å². The molecule has 0 saturated carbocycles. The Bertz CT molecular complexity index is 217. The Morgan fingerprint density at radius 2 is 1.41 bits per heavy atom. The van der Waals surface area contributed by atoms with Crippen molar-refractivity contribution in [1.82, 2.24) is 5.01 Å². The summed E-state index contributed by atoms with van der Waals surface area (Å²) in [6, 6.07) is 0. The van der Waals surface area contributed by atoms with Crippen LogP contribution in [0.5, 0.6) is 0 Å². The fourth-order valence-corrected chi connectivity index (χ4v) is 1.07. The van der Waals surface area contributed by atoms with E-state index >= 15 is 0 Å². The Hall–Kier alpha value is -0.860. The lowest BCUT2D eigenvalue weighted by atomic mass is 10.5. The van der Waals surface area contributed by atoms with E-state index in [4.69, 9.17) is 30.9 Å². The maximum absolute atomic E-state index is 8.68. The predicted octanol–water partition coefficient (Wildman–Crippen LogP) is 1.08. The molecular weight excluding hydrogens is 286 g/mol. The van der Waals surface area contributed by atoms with Crippen molar-refractivity contribution in [3.8, 4) is 0 Å². The molecule has 5 N–H and O–H groups in total. The highest BCUT2D eigenvalue weighted by atomic mass is 16.5. The fourth-order valence-electron chi connectivity index (χ4n) is 1.07. The quantitative estimate of drug-likeness (QED) is 0.280. The van der Waals surface area contributed by atoms with Crippen LogP contribution < -0.4 is 11.6 Å². The van der Waals surface area contributed by atoms with Crippen LogP contribution in [0.25, 0.3) is 0 Å². The van der Waals surface area contributed by atoms with Crippen LogP contribution in [0.15, 0.2) is 11.9 Å². The number of hydrazine groups is 1. The smallest absolute Gasteiger partial charge is 0.0840 e. The molecule has 0 heterocycles. The van der Waals surface area contributed by atoms with E-state index in [1.807, 2.05) is 34.6 Å². The SMILES string of the molecule is CC.CC.CCOCCOCCOCCN(N)/C=C(\N)CO. The number of ether oxygens (including phenoxy) is 3. The van der Waals surface area contributed by atoms with Gasteiger partial charge in [0, 0.05) is 12.8 Å². The Labute approximate surface area is 136 Å². The molecule has 0 unspecified atom stereocenters. The summed E-state index contributed by atoms with van der Waals surface area (Å²) in [7, 11) is 0. The minimum atomic E-state index is -0.206. The number of hydrogen-bond acceptors (Lipinski definition) is 7. The molecular formula is C15H37N3O4. The summed E-state index contributed by atoms with van der Waals surface area (Å²) in [4.78, 5) is 0. The second kappa shape index (κ2) is 25.1. The molecule has 0 aliphatic carbocycles. The third-order valence-corrected chi connectivity index (χ3v) is 1.96. The van der Waals surface area contributed by atoms with E-state index in [2.05, 4.69) is 0 Å². The van der Waals surface area contributed by atoms with E-state index in [-0.39, 0.29) is 6.61 Å². The van der Waals surface area contributed by atoms with Crippen molar-refractivity contribution in [3.63, 3.8) is 0 Å². The molecule has 136 valence electrons. The van der Waals surface area contributed by atoms with Crippen LogP contribution in [-0.4, -0.2) is 62.9 Å². The van der Waals surface area contributed by atoms with E-state index in [0.717, 1.165) is 0 Å². The lowest BCUT2D eigenvalue weighted by Crippen LogP contribution is -2.30. The van der Waals surface area contributed by atoms with Gasteiger partial charge in [0.15, 0.2) is 0 Å². The molecule has 7 nitrogen and oxygen atoms in total. The maximum Gasteiger partial charge on any atom is 0.0840 e. The molecule has 0 bridgehead atoms. The average molecular weight is 323 g/mol. The number of aliphatic hydroxyl groups is 1. The van der Waals surface area contributed by atoms with Crippen LogP contribution in [-0.2, 0) is 14.2 Å². The molecule has 7 heteroatoms. The average Bonchev–Trinajstić information content (AvgIpc) is 2.57. The number of aliphatic hydroxyl groups excluding tert-OH is 1. The zero-order valence-electron chi connectivity index (χ0n) is 15.0. The van der Waals surface area contributed by atoms with Gasteiger partial charge < -0.3 is 30.1 Å². The number of nitrogens with two attached hydrogens (primary N) is 2. The van der Waals surface area contributed by atoms with Gasteiger partial charge in [-0.05, 0) is 6.92 Å². The van der Waals surface area contributed by atoms with Crippen LogP contribution in [0.2, 0.25) is 0 Å². The standard InChI is InChI=1S/C11H25N3O4.2C2H6/c1-2-16-5-6-18-8-7-17-4-3-14(13)9-11(12)10-15;2*1-2/h9,15H,2-8,10,12-13H2,1H3;2*1-2H3/b11-9-;;. The molecule has 0 amide bonds. The maximum atomic E-state index is 8.68. The third kappa shape index (κ3) is 24.2. The molecule has 0 fully saturated rings. The highest BCUT2D eigenvalue weighted by Crippen LogP contribution is 1.87. The molecule has 0 radical (unpaired) electrons. The van der Waals surface area contributed by atoms with Gasteiger partial charge in [-0.15, -0.1) is 0 Å². The minimum absolute atomic E-state index is 0.206. The Morgan fingerprint density at radius 1 is 0.955 bits per heavy atom. The molecule has 0 atom stereocenters. The van der Waals surface area contributed by atoms with E-state index < -0.39 is 0 Å². The number of rotatable bonds is 12. The largest absolute Gasteiger partial charge is 0.399 e. The molecule has 0 spiro atoms. The summed E-state index contributed by atoms with van der Waals surface area (Å²) in [5.41, 5.74) is 5.72. The third-order valence-electron chi connectivity index (χ3n) is 1.96. The van der Waals surface area contributed by atoms with Crippen LogP contribution in [0, 0.1) is 0 Å². The zero-order valence-corrected chi connectivity index (χ0v) is 15.0. The number of nitrogens with zero attached hydrogens (tertiary/aromatic N) is 1.